The number of carbonyl (C=O) groups excluding carboxylic acids is 2. The molecule has 0 atom stereocenters. The van der Waals surface area contributed by atoms with E-state index in [9.17, 15) is 9.59 Å². The second-order valence-electron chi connectivity index (χ2n) is 6.66. The first kappa shape index (κ1) is 20.1. The predicted octanol–water partition coefficient (Wildman–Crippen LogP) is 4.31. The van der Waals surface area contributed by atoms with Gasteiger partial charge in [0.2, 0.25) is 5.76 Å². The van der Waals surface area contributed by atoms with Crippen LogP contribution in [0.3, 0.4) is 0 Å². The number of pyridine rings is 1. The molecule has 0 unspecified atom stereocenters. The van der Waals surface area contributed by atoms with Crippen LogP contribution in [0.25, 0.3) is 11.9 Å². The highest BCUT2D eigenvalue weighted by Gasteiger charge is 2.19. The van der Waals surface area contributed by atoms with Crippen molar-refractivity contribution in [2.24, 2.45) is 0 Å². The molecule has 0 N–H and O–H groups in total. The fraction of sp³-hybridized carbons (Fsp3) is 0.174. The van der Waals surface area contributed by atoms with Gasteiger partial charge in [0, 0.05) is 24.5 Å². The summed E-state index contributed by atoms with van der Waals surface area (Å²) in [6.45, 7) is 7.10. The second-order valence-corrected chi connectivity index (χ2v) is 6.66. The van der Waals surface area contributed by atoms with Crippen LogP contribution in [-0.2, 0) is 14.3 Å². The lowest BCUT2D eigenvalue weighted by molar-refractivity contribution is -0.145. The van der Waals surface area contributed by atoms with Crippen LogP contribution in [-0.4, -0.2) is 21.5 Å². The van der Waals surface area contributed by atoms with Crippen molar-refractivity contribution in [1.29, 1.82) is 0 Å². The topological polar surface area (TPSA) is 70.4 Å². The van der Waals surface area contributed by atoms with Crippen molar-refractivity contribution in [2.75, 3.05) is 0 Å². The quantitative estimate of drug-likeness (QED) is 0.281. The van der Waals surface area contributed by atoms with Gasteiger partial charge in [-0.05, 0) is 68.3 Å². The lowest BCUT2D eigenvalue weighted by atomic mass is 10.2. The summed E-state index contributed by atoms with van der Waals surface area (Å²) in [6.07, 6.45) is 3.27. The summed E-state index contributed by atoms with van der Waals surface area (Å²) in [5, 5.41) is 0. The Labute approximate surface area is 169 Å². The standard InChI is InChI=1S/C23H22N2O4/c1-15-10-11-24-22(12-15)25-16(2)13-19(17(25)3)14-21(28-18(4)26)23(27)29-20-8-6-5-7-9-20/h5-14H,1-4H3. The summed E-state index contributed by atoms with van der Waals surface area (Å²) in [5.41, 5.74) is 3.61. The number of benzene rings is 1. The monoisotopic (exact) mass is 390 g/mol. The molecular weight excluding hydrogens is 368 g/mol. The molecule has 0 spiro atoms. The number of esters is 2. The first-order valence-electron chi connectivity index (χ1n) is 9.14. The van der Waals surface area contributed by atoms with E-state index >= 15 is 0 Å². The second kappa shape index (κ2) is 8.56. The molecule has 29 heavy (non-hydrogen) atoms. The molecule has 0 fully saturated rings. The molecule has 0 radical (unpaired) electrons. The Morgan fingerprint density at radius 2 is 1.76 bits per heavy atom. The van der Waals surface area contributed by atoms with Gasteiger partial charge in [0.1, 0.15) is 11.6 Å². The lowest BCUT2D eigenvalue weighted by Gasteiger charge is -2.10. The number of para-hydroxylation sites is 1. The molecule has 2 heterocycles. The van der Waals surface area contributed by atoms with Crippen molar-refractivity contribution >= 4 is 18.0 Å². The molecule has 6 heteroatoms. The highest BCUT2D eigenvalue weighted by atomic mass is 16.6. The number of aryl methyl sites for hydroxylation is 2. The molecule has 0 amide bonds. The van der Waals surface area contributed by atoms with E-state index in [-0.39, 0.29) is 5.76 Å². The molecule has 0 bridgehead atoms. The van der Waals surface area contributed by atoms with Crippen LogP contribution in [0.4, 0.5) is 0 Å². The van der Waals surface area contributed by atoms with E-state index in [2.05, 4.69) is 4.98 Å². The van der Waals surface area contributed by atoms with Crippen LogP contribution in [0.1, 0.15) is 29.4 Å². The maximum absolute atomic E-state index is 12.6. The Balaban J connectivity index is 1.98. The lowest BCUT2D eigenvalue weighted by Crippen LogP contribution is -2.15. The van der Waals surface area contributed by atoms with Gasteiger partial charge >= 0.3 is 11.9 Å². The van der Waals surface area contributed by atoms with Gasteiger partial charge in [0.15, 0.2) is 0 Å². The molecule has 0 aliphatic heterocycles. The van der Waals surface area contributed by atoms with Crippen molar-refractivity contribution in [3.05, 3.63) is 83.0 Å². The SMILES string of the molecule is CC(=O)OC(=Cc1cc(C)n(-c2cc(C)ccn2)c1C)C(=O)Oc1ccccc1. The molecule has 3 aromatic rings. The van der Waals surface area contributed by atoms with Crippen molar-refractivity contribution in [2.45, 2.75) is 27.7 Å². The highest BCUT2D eigenvalue weighted by molar-refractivity contribution is 5.95. The Kier molecular flexibility index (Phi) is 5.93. The fourth-order valence-corrected chi connectivity index (χ4v) is 3.00. The predicted molar refractivity (Wildman–Crippen MR) is 110 cm³/mol. The zero-order valence-corrected chi connectivity index (χ0v) is 16.8. The normalized spacial score (nSPS) is 11.2. The number of hydrogen-bond acceptors (Lipinski definition) is 5. The smallest absolute Gasteiger partial charge is 0.379 e. The van der Waals surface area contributed by atoms with Crippen LogP contribution >= 0.6 is 0 Å². The van der Waals surface area contributed by atoms with Crippen LogP contribution in [0, 0.1) is 20.8 Å². The number of carbonyl (C=O) groups is 2. The molecule has 1 aromatic carbocycles. The summed E-state index contributed by atoms with van der Waals surface area (Å²) in [5.74, 6) is -0.385. The van der Waals surface area contributed by atoms with Gasteiger partial charge in [-0.3, -0.25) is 4.79 Å². The minimum atomic E-state index is -0.745. The third-order valence-corrected chi connectivity index (χ3v) is 4.30. The van der Waals surface area contributed by atoms with Crippen LogP contribution in [0.15, 0.2) is 60.5 Å². The fourth-order valence-electron chi connectivity index (χ4n) is 3.00. The van der Waals surface area contributed by atoms with Crippen molar-refractivity contribution < 1.29 is 19.1 Å². The van der Waals surface area contributed by atoms with Crippen LogP contribution in [0.2, 0.25) is 0 Å². The molecule has 6 nitrogen and oxygen atoms in total. The number of ether oxygens (including phenoxy) is 2. The summed E-state index contributed by atoms with van der Waals surface area (Å²) in [6, 6.07) is 14.4. The maximum Gasteiger partial charge on any atom is 0.379 e. The molecule has 3 rings (SSSR count). The number of aromatic nitrogens is 2. The van der Waals surface area contributed by atoms with E-state index in [0.717, 1.165) is 28.3 Å². The zero-order chi connectivity index (χ0) is 21.0. The third-order valence-electron chi connectivity index (χ3n) is 4.30. The van der Waals surface area contributed by atoms with Gasteiger partial charge in [-0.25, -0.2) is 9.78 Å². The van der Waals surface area contributed by atoms with E-state index in [1.165, 1.54) is 13.0 Å². The Bertz CT molecular complexity index is 1080. The van der Waals surface area contributed by atoms with Gasteiger partial charge in [0.05, 0.1) is 0 Å². The van der Waals surface area contributed by atoms with Gasteiger partial charge in [-0.2, -0.15) is 0 Å². The van der Waals surface area contributed by atoms with Crippen LogP contribution in [0.5, 0.6) is 5.75 Å². The van der Waals surface area contributed by atoms with E-state index in [1.54, 1.807) is 30.5 Å². The molecule has 148 valence electrons. The Morgan fingerprint density at radius 3 is 2.41 bits per heavy atom. The third kappa shape index (κ3) is 4.79. The largest absolute Gasteiger partial charge is 0.421 e. The van der Waals surface area contributed by atoms with E-state index in [0.29, 0.717) is 5.75 Å². The highest BCUT2D eigenvalue weighted by Crippen LogP contribution is 2.23. The Hall–Kier alpha value is -3.67. The van der Waals surface area contributed by atoms with E-state index in [4.69, 9.17) is 9.47 Å². The van der Waals surface area contributed by atoms with Gasteiger partial charge in [-0.15, -0.1) is 0 Å². The molecule has 0 aliphatic carbocycles. The van der Waals surface area contributed by atoms with Crippen molar-refractivity contribution in [1.82, 2.24) is 9.55 Å². The first-order valence-corrected chi connectivity index (χ1v) is 9.14. The zero-order valence-electron chi connectivity index (χ0n) is 16.8. The summed E-state index contributed by atoms with van der Waals surface area (Å²) < 4.78 is 12.4. The average Bonchev–Trinajstić information content (AvgIpc) is 2.95. The molecule has 2 aromatic heterocycles. The molecule has 0 aliphatic rings. The Morgan fingerprint density at radius 1 is 1.03 bits per heavy atom. The van der Waals surface area contributed by atoms with Crippen LogP contribution < -0.4 is 4.74 Å². The maximum atomic E-state index is 12.6. The molecule has 0 saturated heterocycles. The van der Waals surface area contributed by atoms with Gasteiger partial charge in [-0.1, -0.05) is 18.2 Å². The molecule has 0 saturated carbocycles. The van der Waals surface area contributed by atoms with Crippen molar-refractivity contribution in [3.63, 3.8) is 0 Å². The number of hydrogen-bond donors (Lipinski definition) is 0. The van der Waals surface area contributed by atoms with Crippen molar-refractivity contribution in [3.8, 4) is 11.6 Å². The first-order chi connectivity index (χ1) is 13.8. The number of nitrogens with zero attached hydrogens (tertiary/aromatic N) is 2. The number of rotatable bonds is 5. The summed E-state index contributed by atoms with van der Waals surface area (Å²) in [4.78, 5) is 28.5. The molecular formula is C23H22N2O4. The van der Waals surface area contributed by atoms with E-state index < -0.39 is 11.9 Å². The summed E-state index contributed by atoms with van der Waals surface area (Å²) in [7, 11) is 0. The minimum Gasteiger partial charge on any atom is -0.421 e. The van der Waals surface area contributed by atoms with Gasteiger partial charge < -0.3 is 14.0 Å². The van der Waals surface area contributed by atoms with E-state index in [1.807, 2.05) is 49.6 Å². The van der Waals surface area contributed by atoms with Gasteiger partial charge in [0.25, 0.3) is 0 Å². The minimum absolute atomic E-state index is 0.182. The summed E-state index contributed by atoms with van der Waals surface area (Å²) >= 11 is 0. The average molecular weight is 390 g/mol.